The second-order valence-corrected chi connectivity index (χ2v) is 8.34. The monoisotopic (exact) mass is 509 g/mol. The third-order valence-electron chi connectivity index (χ3n) is 5.73. The second-order valence-electron chi connectivity index (χ2n) is 8.34. The fraction of sp³-hybridized carbons (Fsp3) is 0.800. The molecule has 0 aromatic carbocycles. The van der Waals surface area contributed by atoms with Crippen LogP contribution < -0.4 is 5.32 Å². The minimum atomic E-state index is -1.96. The van der Waals surface area contributed by atoms with Crippen LogP contribution in [0.15, 0.2) is 0 Å². The summed E-state index contributed by atoms with van der Waals surface area (Å²) in [6.45, 7) is 2.02. The molecular formula is C20H31NO14. The number of aliphatic hydroxyl groups is 4. The van der Waals surface area contributed by atoms with Gasteiger partial charge in [0.05, 0.1) is 25.0 Å². The summed E-state index contributed by atoms with van der Waals surface area (Å²) < 4.78 is 21.2. The highest BCUT2D eigenvalue weighted by molar-refractivity contribution is 5.79. The van der Waals surface area contributed by atoms with Crippen molar-refractivity contribution >= 4 is 23.8 Å². The number of aliphatic carboxylic acids is 2. The molecule has 35 heavy (non-hydrogen) atoms. The SMILES string of the molecule is CCC(CC(=O)O)C(=O)OCC1OCC(NC(C)=O)C(OC2OC(C(=O)O)C(O)C(O)C2O)C1O. The number of ether oxygens (including phenoxy) is 4. The first-order valence-corrected chi connectivity index (χ1v) is 10.9. The number of hydrogen-bond acceptors (Lipinski definition) is 12. The molecular weight excluding hydrogens is 478 g/mol. The highest BCUT2D eigenvalue weighted by Gasteiger charge is 2.51. The summed E-state index contributed by atoms with van der Waals surface area (Å²) in [7, 11) is 0. The van der Waals surface area contributed by atoms with Crippen molar-refractivity contribution in [3.8, 4) is 0 Å². The van der Waals surface area contributed by atoms with E-state index in [-0.39, 0.29) is 13.0 Å². The quantitative estimate of drug-likeness (QED) is 0.142. The van der Waals surface area contributed by atoms with Gasteiger partial charge in [0.2, 0.25) is 5.91 Å². The predicted octanol–water partition coefficient (Wildman–Crippen LogP) is -3.43. The summed E-state index contributed by atoms with van der Waals surface area (Å²) in [6.07, 6.45) is -14.1. The number of carbonyl (C=O) groups excluding carboxylic acids is 2. The molecule has 15 nitrogen and oxygen atoms in total. The molecule has 10 atom stereocenters. The molecule has 200 valence electrons. The number of esters is 1. The number of hydrogen-bond donors (Lipinski definition) is 7. The van der Waals surface area contributed by atoms with Crippen molar-refractivity contribution in [2.24, 2.45) is 5.92 Å². The minimum absolute atomic E-state index is 0.200. The standard InChI is InChI=1S/C20H31NO14/c1-3-8(4-11(23)24)19(31)33-6-10-12(25)16(9(5-32-10)21-7(2)22)34-20-15(28)13(26)14(27)17(35-20)18(29)30/h8-10,12-17,20,25-28H,3-6H2,1-2H3,(H,21,22)(H,23,24)(H,29,30). The van der Waals surface area contributed by atoms with Gasteiger partial charge in [0, 0.05) is 6.92 Å². The Hall–Kier alpha value is -2.40. The number of carboxylic acids is 2. The third-order valence-corrected chi connectivity index (χ3v) is 5.73. The Balaban J connectivity index is 2.14. The van der Waals surface area contributed by atoms with Crippen molar-refractivity contribution in [1.29, 1.82) is 0 Å². The molecule has 0 aliphatic carbocycles. The van der Waals surface area contributed by atoms with Crippen molar-refractivity contribution in [2.45, 2.75) is 81.7 Å². The van der Waals surface area contributed by atoms with Crippen molar-refractivity contribution in [3.63, 3.8) is 0 Å². The third kappa shape index (κ3) is 7.30. The van der Waals surface area contributed by atoms with Crippen LogP contribution in [0.3, 0.4) is 0 Å². The van der Waals surface area contributed by atoms with Gasteiger partial charge in [0.25, 0.3) is 0 Å². The van der Waals surface area contributed by atoms with Crippen molar-refractivity contribution in [2.75, 3.05) is 13.2 Å². The van der Waals surface area contributed by atoms with Gasteiger partial charge in [-0.05, 0) is 6.42 Å². The molecule has 2 aliphatic heterocycles. The molecule has 0 aromatic heterocycles. The number of aliphatic hydroxyl groups excluding tert-OH is 4. The minimum Gasteiger partial charge on any atom is -0.481 e. The van der Waals surface area contributed by atoms with E-state index in [9.17, 15) is 44.7 Å². The van der Waals surface area contributed by atoms with Crippen LogP contribution in [0.2, 0.25) is 0 Å². The summed E-state index contributed by atoms with van der Waals surface area (Å²) in [5.41, 5.74) is 0. The van der Waals surface area contributed by atoms with E-state index in [1.165, 1.54) is 6.92 Å². The van der Waals surface area contributed by atoms with Crippen molar-refractivity contribution in [1.82, 2.24) is 5.32 Å². The van der Waals surface area contributed by atoms with E-state index in [1.807, 2.05) is 0 Å². The maximum Gasteiger partial charge on any atom is 0.335 e. The molecule has 1 amide bonds. The van der Waals surface area contributed by atoms with Crippen LogP contribution in [0.1, 0.15) is 26.7 Å². The van der Waals surface area contributed by atoms with E-state index in [2.05, 4.69) is 5.32 Å². The zero-order chi connectivity index (χ0) is 26.4. The number of carboxylic acid groups (broad SMARTS) is 2. The van der Waals surface area contributed by atoms with Gasteiger partial charge >= 0.3 is 17.9 Å². The fourth-order valence-corrected chi connectivity index (χ4v) is 3.78. The second kappa shape index (κ2) is 12.5. The first-order chi connectivity index (χ1) is 16.4. The highest BCUT2D eigenvalue weighted by Crippen LogP contribution is 2.27. The number of rotatable bonds is 10. The zero-order valence-corrected chi connectivity index (χ0v) is 19.1. The molecule has 2 rings (SSSR count). The maximum absolute atomic E-state index is 12.2. The molecule has 10 unspecified atom stereocenters. The van der Waals surface area contributed by atoms with Gasteiger partial charge in [-0.3, -0.25) is 14.4 Å². The lowest BCUT2D eigenvalue weighted by atomic mass is 9.96. The molecule has 7 N–H and O–H groups in total. The molecule has 15 heteroatoms. The van der Waals surface area contributed by atoms with Gasteiger partial charge in [-0.1, -0.05) is 6.92 Å². The topological polar surface area (TPSA) is 239 Å². The molecule has 0 aromatic rings. The van der Waals surface area contributed by atoms with Crippen LogP contribution >= 0.6 is 0 Å². The molecule has 0 saturated carbocycles. The van der Waals surface area contributed by atoms with Gasteiger partial charge in [-0.15, -0.1) is 0 Å². The van der Waals surface area contributed by atoms with Crippen LogP contribution in [0.5, 0.6) is 0 Å². The Morgan fingerprint density at radius 3 is 2.23 bits per heavy atom. The molecule has 2 saturated heterocycles. The number of nitrogens with one attached hydrogen (secondary N) is 1. The van der Waals surface area contributed by atoms with Crippen LogP contribution in [-0.2, 0) is 38.1 Å². The van der Waals surface area contributed by atoms with Gasteiger partial charge in [-0.2, -0.15) is 0 Å². The highest BCUT2D eigenvalue weighted by atomic mass is 16.7. The van der Waals surface area contributed by atoms with Crippen LogP contribution in [0.4, 0.5) is 0 Å². The average molecular weight is 509 g/mol. The summed E-state index contributed by atoms with van der Waals surface area (Å²) in [6, 6.07) is -1.02. The first-order valence-electron chi connectivity index (χ1n) is 10.9. The Morgan fingerprint density at radius 2 is 1.69 bits per heavy atom. The number of carbonyl (C=O) groups is 4. The van der Waals surface area contributed by atoms with Crippen molar-refractivity contribution < 1.29 is 68.8 Å². The lowest BCUT2D eigenvalue weighted by Gasteiger charge is -2.44. The molecule has 2 fully saturated rings. The Kier molecular flexibility index (Phi) is 10.3. The first kappa shape index (κ1) is 28.8. The van der Waals surface area contributed by atoms with Gasteiger partial charge in [-0.25, -0.2) is 4.79 Å². The Labute approximate surface area is 199 Å². The Morgan fingerprint density at radius 1 is 1.03 bits per heavy atom. The molecule has 0 spiro atoms. The summed E-state index contributed by atoms with van der Waals surface area (Å²) in [4.78, 5) is 46.0. The number of amides is 1. The normalized spacial score (nSPS) is 36.1. The van der Waals surface area contributed by atoms with Gasteiger partial charge in [0.1, 0.15) is 43.2 Å². The van der Waals surface area contributed by atoms with Crippen molar-refractivity contribution in [3.05, 3.63) is 0 Å². The Bertz CT molecular complexity index is 777. The van der Waals surface area contributed by atoms with E-state index in [4.69, 9.17) is 24.1 Å². The lowest BCUT2D eigenvalue weighted by molar-refractivity contribution is -0.322. The molecule has 2 heterocycles. The average Bonchev–Trinajstić information content (AvgIpc) is 2.78. The van der Waals surface area contributed by atoms with E-state index in [0.29, 0.717) is 0 Å². The van der Waals surface area contributed by atoms with E-state index in [1.54, 1.807) is 6.92 Å². The van der Waals surface area contributed by atoms with Gasteiger partial charge < -0.3 is 54.9 Å². The lowest BCUT2D eigenvalue weighted by Crippen LogP contribution is -2.65. The fourth-order valence-electron chi connectivity index (χ4n) is 3.78. The molecule has 2 aliphatic rings. The smallest absolute Gasteiger partial charge is 0.335 e. The van der Waals surface area contributed by atoms with Gasteiger partial charge in [0.15, 0.2) is 12.4 Å². The summed E-state index contributed by atoms with van der Waals surface area (Å²) in [5, 5.41) is 61.4. The summed E-state index contributed by atoms with van der Waals surface area (Å²) >= 11 is 0. The maximum atomic E-state index is 12.2. The van der Waals surface area contributed by atoms with Crippen LogP contribution in [0, 0.1) is 5.92 Å². The molecule has 0 bridgehead atoms. The largest absolute Gasteiger partial charge is 0.481 e. The van der Waals surface area contributed by atoms with E-state index >= 15 is 0 Å². The van der Waals surface area contributed by atoms with E-state index < -0.39 is 97.8 Å². The van der Waals surface area contributed by atoms with Crippen LogP contribution in [0.25, 0.3) is 0 Å². The predicted molar refractivity (Wildman–Crippen MR) is 110 cm³/mol. The zero-order valence-electron chi connectivity index (χ0n) is 19.1. The summed E-state index contributed by atoms with van der Waals surface area (Å²) in [5.74, 6) is -5.10. The molecule has 0 radical (unpaired) electrons. The van der Waals surface area contributed by atoms with Crippen LogP contribution in [-0.4, -0.2) is 123 Å². The van der Waals surface area contributed by atoms with E-state index in [0.717, 1.165) is 0 Å².